The smallest absolute Gasteiger partial charge is 0.257 e. The maximum atomic E-state index is 12.6. The number of rotatable bonds is 2. The predicted molar refractivity (Wildman–Crippen MR) is 75.9 cm³/mol. The van der Waals surface area contributed by atoms with Crippen LogP contribution in [0.2, 0.25) is 0 Å². The summed E-state index contributed by atoms with van der Waals surface area (Å²) in [7, 11) is 1.55. The zero-order valence-corrected chi connectivity index (χ0v) is 11.7. The maximum absolute atomic E-state index is 12.6. The highest BCUT2D eigenvalue weighted by atomic mass is 16.5. The maximum Gasteiger partial charge on any atom is 0.257 e. The van der Waals surface area contributed by atoms with Crippen LogP contribution in [0, 0.1) is 0 Å². The molecule has 2 heterocycles. The number of nitrogens with zero attached hydrogens (tertiary/aromatic N) is 1. The summed E-state index contributed by atoms with van der Waals surface area (Å²) in [5.41, 5.74) is 1.19. The van der Waals surface area contributed by atoms with Gasteiger partial charge in [-0.2, -0.15) is 0 Å². The highest BCUT2D eigenvalue weighted by Gasteiger charge is 2.30. The highest BCUT2D eigenvalue weighted by molar-refractivity contribution is 6.06. The average Bonchev–Trinajstić information content (AvgIpc) is 2.97. The fourth-order valence-corrected chi connectivity index (χ4v) is 2.47. The Kier molecular flexibility index (Phi) is 3.62. The topological polar surface area (TPSA) is 71.8 Å². The molecule has 3 rings (SSSR count). The van der Waals surface area contributed by atoms with Gasteiger partial charge < -0.3 is 19.4 Å². The first kappa shape index (κ1) is 13.6. The fraction of sp³-hybridized carbons (Fsp3) is 0.333. The van der Waals surface area contributed by atoms with Gasteiger partial charge in [0.05, 0.1) is 18.7 Å². The first-order valence-electron chi connectivity index (χ1n) is 6.79. The van der Waals surface area contributed by atoms with Gasteiger partial charge in [0, 0.05) is 19.0 Å². The highest BCUT2D eigenvalue weighted by Crippen LogP contribution is 2.22. The summed E-state index contributed by atoms with van der Waals surface area (Å²) in [6.45, 7) is 1.06. The predicted octanol–water partition coefficient (Wildman–Crippen LogP) is 1.02. The van der Waals surface area contributed by atoms with Gasteiger partial charge in [0.2, 0.25) is 0 Å². The van der Waals surface area contributed by atoms with Crippen molar-refractivity contribution in [3.63, 3.8) is 0 Å². The Bertz CT molecular complexity index is 679. The van der Waals surface area contributed by atoms with Crippen LogP contribution in [0.3, 0.4) is 0 Å². The molecular weight excluding hydrogens is 272 g/mol. The third-order valence-electron chi connectivity index (χ3n) is 3.60. The van der Waals surface area contributed by atoms with E-state index in [0.717, 1.165) is 5.39 Å². The number of carbonyl (C=O) groups is 2. The van der Waals surface area contributed by atoms with Gasteiger partial charge in [-0.25, -0.2) is 0 Å². The zero-order chi connectivity index (χ0) is 14.8. The molecule has 1 aromatic carbocycles. The molecule has 0 radical (unpaired) electrons. The molecule has 6 nitrogen and oxygen atoms in total. The molecule has 0 unspecified atom stereocenters. The van der Waals surface area contributed by atoms with Crippen LogP contribution in [-0.4, -0.2) is 49.6 Å². The van der Waals surface area contributed by atoms with Crippen LogP contribution in [0.15, 0.2) is 34.9 Å². The van der Waals surface area contributed by atoms with E-state index in [4.69, 9.17) is 9.15 Å². The van der Waals surface area contributed by atoms with Crippen LogP contribution < -0.4 is 5.32 Å². The summed E-state index contributed by atoms with van der Waals surface area (Å²) in [6, 6.07) is 7.39. The second-order valence-corrected chi connectivity index (χ2v) is 4.87. The quantitative estimate of drug-likeness (QED) is 0.895. The Morgan fingerprint density at radius 2 is 2.14 bits per heavy atom. The Hall–Kier alpha value is -2.34. The van der Waals surface area contributed by atoms with Crippen molar-refractivity contribution in [2.45, 2.75) is 6.10 Å². The van der Waals surface area contributed by atoms with Crippen LogP contribution in [0.5, 0.6) is 0 Å². The van der Waals surface area contributed by atoms with Crippen molar-refractivity contribution < 1.29 is 18.7 Å². The van der Waals surface area contributed by atoms with Gasteiger partial charge in [-0.3, -0.25) is 9.59 Å². The number of amides is 2. The van der Waals surface area contributed by atoms with Gasteiger partial charge in [0.15, 0.2) is 6.10 Å². The molecule has 1 fully saturated rings. The third-order valence-corrected chi connectivity index (χ3v) is 3.60. The number of likely N-dealkylation sites (N-methyl/N-ethyl adjacent to an activating group) is 1. The molecular formula is C15H16N2O4. The van der Waals surface area contributed by atoms with E-state index in [0.29, 0.717) is 24.3 Å². The lowest BCUT2D eigenvalue weighted by atomic mass is 10.1. The average molecular weight is 288 g/mol. The molecule has 110 valence electrons. The van der Waals surface area contributed by atoms with E-state index >= 15 is 0 Å². The van der Waals surface area contributed by atoms with Crippen molar-refractivity contribution in [3.05, 3.63) is 36.1 Å². The van der Waals surface area contributed by atoms with E-state index in [1.165, 1.54) is 6.26 Å². The summed E-state index contributed by atoms with van der Waals surface area (Å²) in [5, 5.41) is 3.32. The van der Waals surface area contributed by atoms with E-state index in [2.05, 4.69) is 5.32 Å². The minimum absolute atomic E-state index is 0.142. The number of furan rings is 1. The van der Waals surface area contributed by atoms with Crippen molar-refractivity contribution in [2.75, 3.05) is 26.7 Å². The zero-order valence-electron chi connectivity index (χ0n) is 11.7. The van der Waals surface area contributed by atoms with Crippen molar-refractivity contribution in [1.29, 1.82) is 0 Å². The Balaban J connectivity index is 1.83. The molecule has 1 saturated heterocycles. The second-order valence-electron chi connectivity index (χ2n) is 4.87. The number of fused-ring (bicyclic) bond motifs is 1. The molecule has 0 bridgehead atoms. The molecule has 0 aliphatic carbocycles. The van der Waals surface area contributed by atoms with Crippen LogP contribution in [0.4, 0.5) is 0 Å². The number of nitrogens with one attached hydrogen (secondary N) is 1. The second kappa shape index (κ2) is 5.57. The van der Waals surface area contributed by atoms with E-state index < -0.39 is 6.10 Å². The molecule has 0 spiro atoms. The molecule has 1 N–H and O–H groups in total. The summed E-state index contributed by atoms with van der Waals surface area (Å²) in [4.78, 5) is 25.9. The van der Waals surface area contributed by atoms with E-state index in [1.54, 1.807) is 11.9 Å². The van der Waals surface area contributed by atoms with Crippen LogP contribution in [0.1, 0.15) is 10.4 Å². The lowest BCUT2D eigenvalue weighted by molar-refractivity contribution is -0.136. The molecule has 1 aliphatic rings. The number of morpholine rings is 1. The van der Waals surface area contributed by atoms with Gasteiger partial charge in [0.25, 0.3) is 11.8 Å². The molecule has 21 heavy (non-hydrogen) atoms. The lowest BCUT2D eigenvalue weighted by Crippen LogP contribution is -2.51. The molecule has 1 aliphatic heterocycles. The third kappa shape index (κ3) is 2.50. The number of ether oxygens (including phenoxy) is 1. The number of para-hydroxylation sites is 1. The summed E-state index contributed by atoms with van der Waals surface area (Å²) in [5.74, 6) is -0.360. The van der Waals surface area contributed by atoms with E-state index in [-0.39, 0.29) is 18.4 Å². The Morgan fingerprint density at radius 3 is 2.95 bits per heavy atom. The van der Waals surface area contributed by atoms with Gasteiger partial charge in [-0.1, -0.05) is 18.2 Å². The summed E-state index contributed by atoms with van der Waals surface area (Å²) >= 11 is 0. The SMILES string of the molecule is CNC(=O)[C@H]1CN(C(=O)c2coc3ccccc23)CCO1. The molecule has 6 heteroatoms. The van der Waals surface area contributed by atoms with E-state index in [9.17, 15) is 9.59 Å². The number of hydrogen-bond acceptors (Lipinski definition) is 4. The minimum atomic E-state index is -0.620. The molecule has 1 aromatic heterocycles. The van der Waals surface area contributed by atoms with Gasteiger partial charge in [-0.15, -0.1) is 0 Å². The van der Waals surface area contributed by atoms with Crippen molar-refractivity contribution in [3.8, 4) is 0 Å². The normalized spacial score (nSPS) is 18.7. The Labute approximate surface area is 121 Å². The van der Waals surface area contributed by atoms with Gasteiger partial charge in [0.1, 0.15) is 11.8 Å². The molecule has 0 saturated carbocycles. The summed E-state index contributed by atoms with van der Waals surface area (Å²) < 4.78 is 10.8. The fourth-order valence-electron chi connectivity index (χ4n) is 2.47. The number of carbonyl (C=O) groups excluding carboxylic acids is 2. The first-order chi connectivity index (χ1) is 10.2. The number of benzene rings is 1. The molecule has 1 atom stereocenters. The Morgan fingerprint density at radius 1 is 1.33 bits per heavy atom. The largest absolute Gasteiger partial charge is 0.463 e. The lowest BCUT2D eigenvalue weighted by Gasteiger charge is -2.31. The van der Waals surface area contributed by atoms with Crippen molar-refractivity contribution >= 4 is 22.8 Å². The van der Waals surface area contributed by atoms with Gasteiger partial charge in [-0.05, 0) is 6.07 Å². The van der Waals surface area contributed by atoms with Crippen LogP contribution in [-0.2, 0) is 9.53 Å². The van der Waals surface area contributed by atoms with E-state index in [1.807, 2.05) is 24.3 Å². The monoisotopic (exact) mass is 288 g/mol. The van der Waals surface area contributed by atoms with Crippen molar-refractivity contribution in [1.82, 2.24) is 10.2 Å². The molecule has 2 amide bonds. The summed E-state index contributed by atoms with van der Waals surface area (Å²) in [6.07, 6.45) is 0.850. The van der Waals surface area contributed by atoms with Crippen molar-refractivity contribution in [2.24, 2.45) is 0 Å². The minimum Gasteiger partial charge on any atom is -0.463 e. The van der Waals surface area contributed by atoms with Crippen LogP contribution >= 0.6 is 0 Å². The standard InChI is InChI=1S/C15H16N2O4/c1-16-14(18)13-8-17(6-7-20-13)15(19)11-9-21-12-5-3-2-4-10(11)12/h2-5,9,13H,6-8H2,1H3,(H,16,18)/t13-/m1/s1. The molecule has 2 aromatic rings. The number of hydrogen-bond donors (Lipinski definition) is 1. The first-order valence-corrected chi connectivity index (χ1v) is 6.79. The van der Waals surface area contributed by atoms with Crippen LogP contribution in [0.25, 0.3) is 11.0 Å². The van der Waals surface area contributed by atoms with Gasteiger partial charge >= 0.3 is 0 Å².